The van der Waals surface area contributed by atoms with Gasteiger partial charge in [-0.25, -0.2) is 4.68 Å². The first-order chi connectivity index (χ1) is 11.2. The zero-order chi connectivity index (χ0) is 16.1. The van der Waals surface area contributed by atoms with Gasteiger partial charge in [0, 0.05) is 15.7 Å². The summed E-state index contributed by atoms with van der Waals surface area (Å²) in [4.78, 5) is 12.7. The largest absolute Gasteiger partial charge is 0.324 e. The molecule has 1 atom stereocenters. The first kappa shape index (κ1) is 15.6. The zero-order valence-electron chi connectivity index (χ0n) is 12.1. The van der Waals surface area contributed by atoms with Crippen molar-refractivity contribution in [3.05, 3.63) is 70.1 Å². The van der Waals surface area contributed by atoms with Crippen LogP contribution in [-0.2, 0) is 11.2 Å². The highest BCUT2D eigenvalue weighted by atomic mass is 127. The number of nitrogens with one attached hydrogen (secondary N) is 1. The molecule has 7 heteroatoms. The predicted octanol–water partition coefficient (Wildman–Crippen LogP) is 2.70. The standard InChI is InChI=1S/C16H14IN5O/c17-13-6-8-14(9-7-13)19-16(23)15(22-11-18-20-21-22)10-12-4-2-1-3-5-12/h1-9,11,15H,10H2,(H,19,23). The molecule has 6 nitrogen and oxygen atoms in total. The van der Waals surface area contributed by atoms with Gasteiger partial charge in [-0.1, -0.05) is 30.3 Å². The van der Waals surface area contributed by atoms with E-state index in [1.807, 2.05) is 54.6 Å². The van der Waals surface area contributed by atoms with Crippen LogP contribution in [0.4, 0.5) is 5.69 Å². The van der Waals surface area contributed by atoms with Crippen LogP contribution in [0.25, 0.3) is 0 Å². The second kappa shape index (κ2) is 7.32. The molecule has 1 heterocycles. The van der Waals surface area contributed by atoms with Crippen LogP contribution in [0.1, 0.15) is 11.6 Å². The molecule has 1 unspecified atom stereocenters. The number of anilines is 1. The van der Waals surface area contributed by atoms with E-state index in [9.17, 15) is 4.79 Å². The Kier molecular flexibility index (Phi) is 4.96. The minimum Gasteiger partial charge on any atom is -0.324 e. The Balaban J connectivity index is 1.80. The van der Waals surface area contributed by atoms with Gasteiger partial charge in [0.15, 0.2) is 0 Å². The fraction of sp³-hybridized carbons (Fsp3) is 0.125. The van der Waals surface area contributed by atoms with Crippen molar-refractivity contribution in [3.8, 4) is 0 Å². The van der Waals surface area contributed by atoms with Crippen LogP contribution in [-0.4, -0.2) is 26.1 Å². The van der Waals surface area contributed by atoms with Gasteiger partial charge >= 0.3 is 0 Å². The summed E-state index contributed by atoms with van der Waals surface area (Å²) < 4.78 is 2.59. The minimum absolute atomic E-state index is 0.151. The van der Waals surface area contributed by atoms with Crippen LogP contribution in [0.3, 0.4) is 0 Å². The van der Waals surface area contributed by atoms with E-state index in [2.05, 4.69) is 43.4 Å². The van der Waals surface area contributed by atoms with Gasteiger partial charge in [0.2, 0.25) is 5.91 Å². The molecule has 3 aromatic rings. The summed E-state index contributed by atoms with van der Waals surface area (Å²) in [5, 5.41) is 14.1. The second-order valence-electron chi connectivity index (χ2n) is 4.99. The number of rotatable bonds is 5. The number of halogens is 1. The van der Waals surface area contributed by atoms with Gasteiger partial charge in [-0.05, 0) is 62.8 Å². The van der Waals surface area contributed by atoms with Crippen molar-refractivity contribution in [2.24, 2.45) is 0 Å². The Morgan fingerprint density at radius 1 is 1.13 bits per heavy atom. The Hall–Kier alpha value is -2.29. The first-order valence-corrected chi connectivity index (χ1v) is 8.13. The van der Waals surface area contributed by atoms with Crippen LogP contribution in [0, 0.1) is 3.57 Å². The molecule has 0 fully saturated rings. The Morgan fingerprint density at radius 3 is 2.52 bits per heavy atom. The fourth-order valence-corrected chi connectivity index (χ4v) is 2.57. The van der Waals surface area contributed by atoms with E-state index < -0.39 is 6.04 Å². The topological polar surface area (TPSA) is 72.7 Å². The summed E-state index contributed by atoms with van der Waals surface area (Å²) in [5.41, 5.74) is 1.80. The molecule has 116 valence electrons. The molecule has 23 heavy (non-hydrogen) atoms. The number of carbonyl (C=O) groups excluding carboxylic acids is 1. The lowest BCUT2D eigenvalue weighted by Gasteiger charge is -2.16. The fourth-order valence-electron chi connectivity index (χ4n) is 2.21. The maximum Gasteiger partial charge on any atom is 0.249 e. The Morgan fingerprint density at radius 2 is 1.87 bits per heavy atom. The number of amides is 1. The molecule has 0 aliphatic rings. The summed E-state index contributed by atoms with van der Waals surface area (Å²) in [5.74, 6) is -0.151. The van der Waals surface area contributed by atoms with Crippen molar-refractivity contribution in [3.63, 3.8) is 0 Å². The monoisotopic (exact) mass is 419 g/mol. The average molecular weight is 419 g/mol. The quantitative estimate of drug-likeness (QED) is 0.646. The van der Waals surface area contributed by atoms with E-state index in [0.717, 1.165) is 14.8 Å². The third-order valence-corrected chi connectivity index (χ3v) is 4.09. The molecule has 0 saturated heterocycles. The molecule has 0 bridgehead atoms. The summed E-state index contributed by atoms with van der Waals surface area (Å²) in [6.07, 6.45) is 1.98. The number of nitrogens with zero attached hydrogens (tertiary/aromatic N) is 4. The molecule has 0 aliphatic carbocycles. The zero-order valence-corrected chi connectivity index (χ0v) is 14.3. The van der Waals surface area contributed by atoms with E-state index in [1.54, 1.807) is 0 Å². The van der Waals surface area contributed by atoms with E-state index >= 15 is 0 Å². The molecule has 0 saturated carbocycles. The number of carbonyl (C=O) groups is 1. The lowest BCUT2D eigenvalue weighted by molar-refractivity contribution is -0.119. The van der Waals surface area contributed by atoms with Crippen molar-refractivity contribution in [1.82, 2.24) is 20.2 Å². The van der Waals surface area contributed by atoms with Gasteiger partial charge in [-0.15, -0.1) is 5.10 Å². The number of aromatic nitrogens is 4. The molecule has 1 N–H and O–H groups in total. The highest BCUT2D eigenvalue weighted by Gasteiger charge is 2.22. The predicted molar refractivity (Wildman–Crippen MR) is 94.8 cm³/mol. The van der Waals surface area contributed by atoms with Crippen molar-refractivity contribution >= 4 is 34.2 Å². The van der Waals surface area contributed by atoms with Crippen LogP contribution < -0.4 is 5.32 Å². The van der Waals surface area contributed by atoms with Gasteiger partial charge in [0.25, 0.3) is 0 Å². The molecular weight excluding hydrogens is 405 g/mol. The van der Waals surface area contributed by atoms with Gasteiger partial charge in [-0.3, -0.25) is 4.79 Å². The Bertz CT molecular complexity index is 759. The normalized spacial score (nSPS) is 11.9. The van der Waals surface area contributed by atoms with Crippen LogP contribution in [0.15, 0.2) is 60.9 Å². The summed E-state index contributed by atoms with van der Waals surface area (Å²) >= 11 is 2.22. The highest BCUT2D eigenvalue weighted by Crippen LogP contribution is 2.17. The molecule has 0 radical (unpaired) electrons. The van der Waals surface area contributed by atoms with Crippen molar-refractivity contribution in [1.29, 1.82) is 0 Å². The van der Waals surface area contributed by atoms with Gasteiger partial charge in [0.05, 0.1) is 0 Å². The van der Waals surface area contributed by atoms with E-state index in [-0.39, 0.29) is 5.91 Å². The van der Waals surface area contributed by atoms with E-state index in [0.29, 0.717) is 6.42 Å². The van der Waals surface area contributed by atoms with Crippen molar-refractivity contribution in [2.45, 2.75) is 12.5 Å². The maximum absolute atomic E-state index is 12.7. The SMILES string of the molecule is O=C(Nc1ccc(I)cc1)C(Cc1ccccc1)n1cnnn1. The minimum atomic E-state index is -0.508. The Labute approximate surface area is 147 Å². The molecule has 1 amide bonds. The maximum atomic E-state index is 12.7. The molecule has 0 spiro atoms. The van der Waals surface area contributed by atoms with Gasteiger partial charge < -0.3 is 5.32 Å². The smallest absolute Gasteiger partial charge is 0.249 e. The summed E-state index contributed by atoms with van der Waals surface area (Å²) in [6.45, 7) is 0. The third-order valence-electron chi connectivity index (χ3n) is 3.37. The number of benzene rings is 2. The van der Waals surface area contributed by atoms with Crippen molar-refractivity contribution in [2.75, 3.05) is 5.32 Å². The average Bonchev–Trinajstić information content (AvgIpc) is 3.10. The van der Waals surface area contributed by atoms with Crippen LogP contribution >= 0.6 is 22.6 Å². The first-order valence-electron chi connectivity index (χ1n) is 7.05. The van der Waals surface area contributed by atoms with Crippen molar-refractivity contribution < 1.29 is 4.79 Å². The van der Waals surface area contributed by atoms with Gasteiger partial charge in [-0.2, -0.15) is 0 Å². The molecule has 0 aliphatic heterocycles. The third kappa shape index (κ3) is 4.13. The molecular formula is C16H14IN5O. The van der Waals surface area contributed by atoms with E-state index in [4.69, 9.17) is 0 Å². The lowest BCUT2D eigenvalue weighted by atomic mass is 10.1. The van der Waals surface area contributed by atoms with E-state index in [1.165, 1.54) is 11.0 Å². The van der Waals surface area contributed by atoms with Gasteiger partial charge in [0.1, 0.15) is 12.4 Å². The summed E-state index contributed by atoms with van der Waals surface area (Å²) in [6, 6.07) is 16.9. The second-order valence-corrected chi connectivity index (χ2v) is 6.24. The highest BCUT2D eigenvalue weighted by molar-refractivity contribution is 14.1. The lowest BCUT2D eigenvalue weighted by Crippen LogP contribution is -2.28. The number of hydrogen-bond acceptors (Lipinski definition) is 4. The molecule has 1 aromatic heterocycles. The van der Waals surface area contributed by atoms with Crippen LogP contribution in [0.2, 0.25) is 0 Å². The van der Waals surface area contributed by atoms with Crippen LogP contribution in [0.5, 0.6) is 0 Å². The molecule has 2 aromatic carbocycles. The molecule has 3 rings (SSSR count). The number of hydrogen-bond donors (Lipinski definition) is 1. The number of tetrazole rings is 1. The summed E-state index contributed by atoms with van der Waals surface area (Å²) in [7, 11) is 0.